The molecule has 0 bridgehead atoms. The lowest BCUT2D eigenvalue weighted by atomic mass is 9.97. The molecule has 0 aliphatic carbocycles. The van der Waals surface area contributed by atoms with Crippen molar-refractivity contribution in [3.05, 3.63) is 58.3 Å². The molecular weight excluding hydrogens is 405 g/mol. The first-order chi connectivity index (χ1) is 14.1. The van der Waals surface area contributed by atoms with Crippen molar-refractivity contribution < 1.29 is 26.7 Å². The van der Waals surface area contributed by atoms with E-state index in [0.717, 1.165) is 29.0 Å². The van der Waals surface area contributed by atoms with Gasteiger partial charge < -0.3 is 10.6 Å². The van der Waals surface area contributed by atoms with Crippen LogP contribution in [0.3, 0.4) is 0 Å². The Morgan fingerprint density at radius 2 is 1.90 bits per heavy atom. The quantitative estimate of drug-likeness (QED) is 0.678. The van der Waals surface area contributed by atoms with E-state index in [0.29, 0.717) is 18.7 Å². The lowest BCUT2D eigenvalue weighted by Gasteiger charge is -2.31. The van der Waals surface area contributed by atoms with Crippen LogP contribution in [0.1, 0.15) is 25.0 Å². The molecule has 30 heavy (non-hydrogen) atoms. The van der Waals surface area contributed by atoms with Gasteiger partial charge in [-0.2, -0.15) is 13.2 Å². The Bertz CT molecular complexity index is 843. The van der Waals surface area contributed by atoms with Crippen LogP contribution in [0.4, 0.5) is 22.0 Å². The average molecular weight is 429 g/mol. The lowest BCUT2D eigenvalue weighted by molar-refractivity contribution is -0.137. The highest BCUT2D eigenvalue weighted by atomic mass is 19.4. The third kappa shape index (κ3) is 5.00. The van der Waals surface area contributed by atoms with E-state index in [-0.39, 0.29) is 18.5 Å². The van der Waals surface area contributed by atoms with E-state index in [1.54, 1.807) is 6.08 Å². The highest BCUT2D eigenvalue weighted by Gasteiger charge is 2.36. The number of alkyl halides is 5. The number of carbonyl (C=O) groups is 1. The number of halogens is 5. The molecule has 1 amide bonds. The molecule has 0 radical (unpaired) electrons. The highest BCUT2D eigenvalue weighted by Crippen LogP contribution is 2.34. The van der Waals surface area contributed by atoms with Gasteiger partial charge in [0.15, 0.2) is 0 Å². The van der Waals surface area contributed by atoms with Gasteiger partial charge in [-0.05, 0) is 35.3 Å². The fraction of sp³-hybridized carbons (Fsp3) is 0.476. The van der Waals surface area contributed by atoms with E-state index >= 15 is 0 Å². The highest BCUT2D eigenvalue weighted by molar-refractivity contribution is 5.94. The molecule has 0 saturated heterocycles. The Labute approximate surface area is 171 Å². The molecular formula is C21H24F5N3O. The Hall–Kier alpha value is -2.42. The normalized spacial score (nSPS) is 19.8. The number of hydrogen-bond acceptors (Lipinski definition) is 3. The van der Waals surface area contributed by atoms with Crippen LogP contribution in [-0.2, 0) is 17.5 Å². The average Bonchev–Trinajstić information content (AvgIpc) is 3.02. The summed E-state index contributed by atoms with van der Waals surface area (Å²) >= 11 is 0. The molecule has 9 heteroatoms. The van der Waals surface area contributed by atoms with Crippen LogP contribution in [0, 0.1) is 5.92 Å². The molecule has 4 nitrogen and oxygen atoms in total. The minimum absolute atomic E-state index is 0.0178. The van der Waals surface area contributed by atoms with Crippen molar-refractivity contribution in [1.82, 2.24) is 15.5 Å². The van der Waals surface area contributed by atoms with Crippen LogP contribution in [0.5, 0.6) is 0 Å². The summed E-state index contributed by atoms with van der Waals surface area (Å²) in [4.78, 5) is 14.3. The van der Waals surface area contributed by atoms with Crippen molar-refractivity contribution in [2.45, 2.75) is 39.0 Å². The molecule has 2 heterocycles. The minimum Gasteiger partial charge on any atom is -0.382 e. The summed E-state index contributed by atoms with van der Waals surface area (Å²) in [5.41, 5.74) is 2.33. The van der Waals surface area contributed by atoms with E-state index in [1.807, 2.05) is 0 Å². The second kappa shape index (κ2) is 8.75. The number of dihydropyridines is 1. The first kappa shape index (κ1) is 22.3. The van der Waals surface area contributed by atoms with E-state index < -0.39 is 30.6 Å². The molecule has 2 aliphatic rings. The van der Waals surface area contributed by atoms with E-state index in [9.17, 15) is 26.7 Å². The number of nitrogens with zero attached hydrogens (tertiary/aromatic N) is 1. The summed E-state index contributed by atoms with van der Waals surface area (Å²) in [5, 5.41) is 5.46. The number of hydrogen-bond donors (Lipinski definition) is 2. The zero-order chi connectivity index (χ0) is 22.1. The topological polar surface area (TPSA) is 44.4 Å². The van der Waals surface area contributed by atoms with Crippen LogP contribution in [0.15, 0.2) is 47.2 Å². The summed E-state index contributed by atoms with van der Waals surface area (Å²) in [6.45, 7) is 4.61. The Morgan fingerprint density at radius 1 is 1.23 bits per heavy atom. The molecule has 1 aromatic rings. The SMILES string of the molecule is CC(C)[C@H]1C2=C(C=C(C(=O)NCC(F)F)CN2)CN1Cc1ccc(C(F)(F)F)cc1. The Balaban J connectivity index is 1.74. The Kier molecular flexibility index (Phi) is 6.50. The fourth-order valence-corrected chi connectivity index (χ4v) is 3.94. The summed E-state index contributed by atoms with van der Waals surface area (Å²) < 4.78 is 63.0. The first-order valence-electron chi connectivity index (χ1n) is 9.70. The zero-order valence-corrected chi connectivity index (χ0v) is 16.7. The summed E-state index contributed by atoms with van der Waals surface area (Å²) in [6, 6.07) is 5.12. The fourth-order valence-electron chi connectivity index (χ4n) is 3.94. The van der Waals surface area contributed by atoms with Crippen LogP contribution in [0.2, 0.25) is 0 Å². The molecule has 1 aromatic carbocycles. The van der Waals surface area contributed by atoms with Crippen LogP contribution >= 0.6 is 0 Å². The molecule has 0 spiro atoms. The van der Waals surface area contributed by atoms with Gasteiger partial charge in [-0.3, -0.25) is 9.69 Å². The molecule has 0 fully saturated rings. The van der Waals surface area contributed by atoms with Gasteiger partial charge in [0.1, 0.15) is 0 Å². The number of benzene rings is 1. The summed E-state index contributed by atoms with van der Waals surface area (Å²) in [6.07, 6.45) is -5.25. The number of nitrogens with one attached hydrogen (secondary N) is 2. The summed E-state index contributed by atoms with van der Waals surface area (Å²) in [7, 11) is 0. The van der Waals surface area contributed by atoms with Crippen molar-refractivity contribution >= 4 is 5.91 Å². The van der Waals surface area contributed by atoms with Crippen molar-refractivity contribution in [2.75, 3.05) is 19.6 Å². The van der Waals surface area contributed by atoms with Gasteiger partial charge in [-0.1, -0.05) is 26.0 Å². The second-order valence-corrected chi connectivity index (χ2v) is 7.85. The molecule has 2 N–H and O–H groups in total. The van der Waals surface area contributed by atoms with Crippen molar-refractivity contribution in [3.63, 3.8) is 0 Å². The van der Waals surface area contributed by atoms with Crippen LogP contribution in [-0.4, -0.2) is 42.9 Å². The van der Waals surface area contributed by atoms with Crippen LogP contribution < -0.4 is 10.6 Å². The predicted molar refractivity (Wildman–Crippen MR) is 103 cm³/mol. The van der Waals surface area contributed by atoms with Gasteiger partial charge in [0.2, 0.25) is 5.91 Å². The number of amides is 1. The van der Waals surface area contributed by atoms with Gasteiger partial charge in [-0.15, -0.1) is 0 Å². The molecule has 164 valence electrons. The lowest BCUT2D eigenvalue weighted by Crippen LogP contribution is -2.40. The standard InChI is InChI=1S/C21H24F5N3O/c1-12(2)19-18-15(7-14(8-27-18)20(30)28-9-17(22)23)11-29(19)10-13-3-5-16(6-4-13)21(24,25)26/h3-7,12,17,19,27H,8-11H2,1-2H3,(H,28,30)/t19-/m0/s1. The molecule has 1 atom stereocenters. The largest absolute Gasteiger partial charge is 0.416 e. The Morgan fingerprint density at radius 3 is 2.47 bits per heavy atom. The molecule has 0 unspecified atom stereocenters. The maximum Gasteiger partial charge on any atom is 0.416 e. The summed E-state index contributed by atoms with van der Waals surface area (Å²) in [5.74, 6) is -0.307. The van der Waals surface area contributed by atoms with E-state index in [4.69, 9.17) is 0 Å². The molecule has 2 aliphatic heterocycles. The monoisotopic (exact) mass is 429 g/mol. The van der Waals surface area contributed by atoms with Gasteiger partial charge in [-0.25, -0.2) is 8.78 Å². The van der Waals surface area contributed by atoms with E-state index in [2.05, 4.69) is 29.4 Å². The zero-order valence-electron chi connectivity index (χ0n) is 16.7. The predicted octanol–water partition coefficient (Wildman–Crippen LogP) is 3.71. The van der Waals surface area contributed by atoms with Crippen molar-refractivity contribution in [1.29, 1.82) is 0 Å². The van der Waals surface area contributed by atoms with Gasteiger partial charge in [0, 0.05) is 30.9 Å². The third-order valence-corrected chi connectivity index (χ3v) is 5.23. The van der Waals surface area contributed by atoms with Gasteiger partial charge >= 0.3 is 6.18 Å². The third-order valence-electron chi connectivity index (χ3n) is 5.23. The van der Waals surface area contributed by atoms with Crippen molar-refractivity contribution in [3.8, 4) is 0 Å². The van der Waals surface area contributed by atoms with Crippen LogP contribution in [0.25, 0.3) is 0 Å². The first-order valence-corrected chi connectivity index (χ1v) is 9.70. The molecule has 0 aromatic heterocycles. The maximum atomic E-state index is 12.8. The van der Waals surface area contributed by atoms with E-state index in [1.165, 1.54) is 12.1 Å². The molecule has 0 saturated carbocycles. The number of carbonyl (C=O) groups excluding carboxylic acids is 1. The smallest absolute Gasteiger partial charge is 0.382 e. The van der Waals surface area contributed by atoms with Gasteiger partial charge in [0.05, 0.1) is 18.2 Å². The molecule has 3 rings (SSSR count). The van der Waals surface area contributed by atoms with Crippen molar-refractivity contribution in [2.24, 2.45) is 5.92 Å². The maximum absolute atomic E-state index is 12.8. The number of rotatable bonds is 6. The van der Waals surface area contributed by atoms with Gasteiger partial charge in [0.25, 0.3) is 6.43 Å². The second-order valence-electron chi connectivity index (χ2n) is 7.85. The minimum atomic E-state index is -4.37.